The van der Waals surface area contributed by atoms with E-state index in [9.17, 15) is 0 Å². The predicted octanol–water partition coefficient (Wildman–Crippen LogP) is 1.51. The molecule has 2 unspecified atom stereocenters. The van der Waals surface area contributed by atoms with Gasteiger partial charge in [0.25, 0.3) is 0 Å². The van der Waals surface area contributed by atoms with Crippen molar-refractivity contribution < 1.29 is 5.11 Å². The van der Waals surface area contributed by atoms with Crippen molar-refractivity contribution in [2.24, 2.45) is 11.3 Å². The van der Waals surface area contributed by atoms with Crippen LogP contribution in [-0.4, -0.2) is 23.2 Å². The Morgan fingerprint density at radius 3 is 3.10 bits per heavy atom. The maximum Gasteiger partial charge on any atom is 0.0433 e. The average Bonchev–Trinajstić information content (AvgIpc) is 2.43. The molecule has 1 N–H and O–H groups in total. The molecular formula is C8H14OS. The monoisotopic (exact) mass is 158 g/mol. The molecule has 0 aromatic heterocycles. The third kappa shape index (κ3) is 0.978. The highest BCUT2D eigenvalue weighted by atomic mass is 32.2. The van der Waals surface area contributed by atoms with Gasteiger partial charge in [0.2, 0.25) is 0 Å². The fourth-order valence-electron chi connectivity index (χ4n) is 2.10. The van der Waals surface area contributed by atoms with E-state index in [1.165, 1.54) is 24.3 Å². The molecule has 0 aromatic carbocycles. The highest BCUT2D eigenvalue weighted by molar-refractivity contribution is 7.99. The lowest BCUT2D eigenvalue weighted by Gasteiger charge is -2.04. The Bertz CT molecular complexity index is 129. The van der Waals surface area contributed by atoms with Crippen molar-refractivity contribution in [3.63, 3.8) is 0 Å². The molecule has 1 nitrogen and oxygen atoms in total. The summed E-state index contributed by atoms with van der Waals surface area (Å²) in [6.07, 6.45) is 3.88. The molecule has 0 aromatic rings. The Labute approximate surface area is 66.2 Å². The van der Waals surface area contributed by atoms with Gasteiger partial charge in [0.15, 0.2) is 0 Å². The molecule has 58 valence electrons. The third-order valence-electron chi connectivity index (χ3n) is 2.97. The Morgan fingerprint density at radius 2 is 2.50 bits per heavy atom. The number of hydrogen-bond acceptors (Lipinski definition) is 2. The summed E-state index contributed by atoms with van der Waals surface area (Å²) >= 11 is 2.09. The lowest BCUT2D eigenvalue weighted by molar-refractivity contribution is 0.270. The highest BCUT2D eigenvalue weighted by Crippen LogP contribution is 2.62. The van der Waals surface area contributed by atoms with Gasteiger partial charge in [0.1, 0.15) is 0 Å². The van der Waals surface area contributed by atoms with E-state index in [1.807, 2.05) is 0 Å². The molecule has 1 spiro atoms. The zero-order valence-corrected chi connectivity index (χ0v) is 6.99. The number of rotatable bonds is 2. The van der Waals surface area contributed by atoms with Gasteiger partial charge in [-0.2, -0.15) is 11.8 Å². The molecule has 2 atom stereocenters. The van der Waals surface area contributed by atoms with Crippen molar-refractivity contribution in [2.45, 2.75) is 19.3 Å². The van der Waals surface area contributed by atoms with Crippen LogP contribution >= 0.6 is 11.8 Å². The van der Waals surface area contributed by atoms with Crippen LogP contribution in [0.4, 0.5) is 0 Å². The van der Waals surface area contributed by atoms with Gasteiger partial charge in [-0.25, -0.2) is 0 Å². The zero-order valence-electron chi connectivity index (χ0n) is 6.18. The molecule has 0 bridgehead atoms. The molecule has 2 aliphatic rings. The summed E-state index contributed by atoms with van der Waals surface area (Å²) in [5.74, 6) is 3.62. The van der Waals surface area contributed by atoms with Gasteiger partial charge in [0.05, 0.1) is 0 Å². The molecule has 10 heavy (non-hydrogen) atoms. The molecule has 2 fully saturated rings. The Morgan fingerprint density at radius 1 is 1.60 bits per heavy atom. The van der Waals surface area contributed by atoms with E-state index >= 15 is 0 Å². The van der Waals surface area contributed by atoms with Crippen LogP contribution in [0.2, 0.25) is 0 Å². The van der Waals surface area contributed by atoms with Crippen LogP contribution in [0.25, 0.3) is 0 Å². The van der Waals surface area contributed by atoms with Gasteiger partial charge in [-0.15, -0.1) is 0 Å². The second kappa shape index (κ2) is 2.42. The van der Waals surface area contributed by atoms with Crippen molar-refractivity contribution >= 4 is 11.8 Å². The maximum atomic E-state index is 8.71. The highest BCUT2D eigenvalue weighted by Gasteiger charge is 2.54. The molecule has 0 radical (unpaired) electrons. The average molecular weight is 158 g/mol. The molecule has 2 rings (SSSR count). The Hall–Kier alpha value is 0.310. The van der Waals surface area contributed by atoms with E-state index in [1.54, 1.807) is 0 Å². The fourth-order valence-corrected chi connectivity index (χ4v) is 3.70. The van der Waals surface area contributed by atoms with E-state index < -0.39 is 0 Å². The SMILES string of the molecule is OCCC1CC12CCSC2. The first-order chi connectivity index (χ1) is 4.87. The van der Waals surface area contributed by atoms with Crippen LogP contribution in [0.15, 0.2) is 0 Å². The van der Waals surface area contributed by atoms with Crippen LogP contribution < -0.4 is 0 Å². The summed E-state index contributed by atoms with van der Waals surface area (Å²) in [4.78, 5) is 0. The Balaban J connectivity index is 1.86. The van der Waals surface area contributed by atoms with Crippen LogP contribution in [0.3, 0.4) is 0 Å². The normalized spacial score (nSPS) is 44.7. The summed E-state index contributed by atoms with van der Waals surface area (Å²) in [5.41, 5.74) is 0.716. The minimum atomic E-state index is 0.400. The van der Waals surface area contributed by atoms with Crippen LogP contribution in [0, 0.1) is 11.3 Å². The van der Waals surface area contributed by atoms with E-state index in [4.69, 9.17) is 5.11 Å². The minimum absolute atomic E-state index is 0.400. The van der Waals surface area contributed by atoms with Gasteiger partial charge in [-0.3, -0.25) is 0 Å². The van der Waals surface area contributed by atoms with E-state index in [0.29, 0.717) is 12.0 Å². The van der Waals surface area contributed by atoms with Crippen molar-refractivity contribution in [1.82, 2.24) is 0 Å². The second-order valence-corrected chi connectivity index (χ2v) is 4.68. The van der Waals surface area contributed by atoms with Crippen molar-refractivity contribution in [2.75, 3.05) is 18.1 Å². The quantitative estimate of drug-likeness (QED) is 0.657. The molecule has 2 heteroatoms. The van der Waals surface area contributed by atoms with Crippen LogP contribution in [0.1, 0.15) is 19.3 Å². The largest absolute Gasteiger partial charge is 0.396 e. The minimum Gasteiger partial charge on any atom is -0.396 e. The van der Waals surface area contributed by atoms with Crippen molar-refractivity contribution in [1.29, 1.82) is 0 Å². The van der Waals surface area contributed by atoms with E-state index in [2.05, 4.69) is 11.8 Å². The Kier molecular flexibility index (Phi) is 1.69. The molecule has 1 saturated carbocycles. The standard InChI is InChI=1S/C8H14OS/c9-3-1-7-5-8(7)2-4-10-6-8/h7,9H,1-6H2. The van der Waals surface area contributed by atoms with E-state index in [0.717, 1.165) is 12.3 Å². The molecular weight excluding hydrogens is 144 g/mol. The molecule has 1 aliphatic carbocycles. The molecule has 1 aliphatic heterocycles. The zero-order chi connectivity index (χ0) is 7.03. The molecule has 1 heterocycles. The number of aliphatic hydroxyl groups excluding tert-OH is 1. The summed E-state index contributed by atoms with van der Waals surface area (Å²) in [7, 11) is 0. The summed E-state index contributed by atoms with van der Waals surface area (Å²) in [6, 6.07) is 0. The lowest BCUT2D eigenvalue weighted by Crippen LogP contribution is -2.02. The van der Waals surface area contributed by atoms with Gasteiger partial charge in [-0.1, -0.05) is 0 Å². The molecule has 0 amide bonds. The van der Waals surface area contributed by atoms with Crippen LogP contribution in [-0.2, 0) is 0 Å². The maximum absolute atomic E-state index is 8.71. The number of thioether (sulfide) groups is 1. The van der Waals surface area contributed by atoms with Crippen molar-refractivity contribution in [3.8, 4) is 0 Å². The number of hydrogen-bond donors (Lipinski definition) is 1. The van der Waals surface area contributed by atoms with E-state index in [-0.39, 0.29) is 0 Å². The second-order valence-electron chi connectivity index (χ2n) is 3.58. The summed E-state index contributed by atoms with van der Waals surface area (Å²) in [5, 5.41) is 8.71. The first-order valence-corrected chi connectivity index (χ1v) is 5.21. The summed E-state index contributed by atoms with van der Waals surface area (Å²) in [6.45, 7) is 0.400. The molecule has 1 saturated heterocycles. The van der Waals surface area contributed by atoms with Gasteiger partial charge in [-0.05, 0) is 42.1 Å². The van der Waals surface area contributed by atoms with Crippen molar-refractivity contribution in [3.05, 3.63) is 0 Å². The van der Waals surface area contributed by atoms with Gasteiger partial charge >= 0.3 is 0 Å². The summed E-state index contributed by atoms with van der Waals surface area (Å²) < 4.78 is 0. The lowest BCUT2D eigenvalue weighted by atomic mass is 10.0. The topological polar surface area (TPSA) is 20.2 Å². The fraction of sp³-hybridized carbons (Fsp3) is 1.00. The first-order valence-electron chi connectivity index (χ1n) is 4.06. The smallest absolute Gasteiger partial charge is 0.0433 e. The van der Waals surface area contributed by atoms with Gasteiger partial charge < -0.3 is 5.11 Å². The van der Waals surface area contributed by atoms with Crippen LogP contribution in [0.5, 0.6) is 0 Å². The predicted molar refractivity (Wildman–Crippen MR) is 44.2 cm³/mol. The third-order valence-corrected chi connectivity index (χ3v) is 4.24. The van der Waals surface area contributed by atoms with Gasteiger partial charge in [0, 0.05) is 6.61 Å². The number of aliphatic hydroxyl groups is 1. The first kappa shape index (κ1) is 6.99.